The van der Waals surface area contributed by atoms with Crippen LogP contribution in [0.25, 0.3) is 0 Å². The van der Waals surface area contributed by atoms with Gasteiger partial charge in [0.1, 0.15) is 5.75 Å². The molecule has 0 bridgehead atoms. The summed E-state index contributed by atoms with van der Waals surface area (Å²) in [5.74, 6) is 0.335. The topological polar surface area (TPSA) is 20.2 Å². The van der Waals surface area contributed by atoms with Crippen molar-refractivity contribution in [2.45, 2.75) is 26.2 Å². The lowest BCUT2D eigenvalue weighted by Gasteiger charge is -2.04. The van der Waals surface area contributed by atoms with Gasteiger partial charge >= 0.3 is 0 Å². The van der Waals surface area contributed by atoms with E-state index in [0.29, 0.717) is 5.75 Å². The Bertz CT molecular complexity index is 471. The van der Waals surface area contributed by atoms with Crippen molar-refractivity contribution in [3.05, 3.63) is 65.2 Å². The first-order valence-electron chi connectivity index (χ1n) is 6.13. The number of benzene rings is 2. The molecule has 0 atom stereocenters. The van der Waals surface area contributed by atoms with Crippen LogP contribution >= 0.6 is 0 Å². The van der Waals surface area contributed by atoms with Crippen molar-refractivity contribution in [3.8, 4) is 5.75 Å². The van der Waals surface area contributed by atoms with Crippen LogP contribution in [0.15, 0.2) is 48.5 Å². The predicted octanol–water partition coefficient (Wildman–Crippen LogP) is 3.74. The van der Waals surface area contributed by atoms with E-state index in [-0.39, 0.29) is 0 Å². The lowest BCUT2D eigenvalue weighted by molar-refractivity contribution is 0.475. The van der Waals surface area contributed by atoms with Crippen LogP contribution < -0.4 is 0 Å². The highest BCUT2D eigenvalue weighted by Gasteiger charge is 1.97. The number of hydrogen-bond donors (Lipinski definition) is 1. The number of hydrogen-bond acceptors (Lipinski definition) is 1. The van der Waals surface area contributed by atoms with Gasteiger partial charge in [-0.1, -0.05) is 43.3 Å². The molecular weight excluding hydrogens is 208 g/mol. The number of aryl methyl sites for hydroxylation is 3. The standard InChI is InChI=1S/C16H18O/c1-2-13-4-3-5-15(12-13)7-6-14-8-10-16(17)11-9-14/h3-5,8-12,17H,2,6-7H2,1H3. The van der Waals surface area contributed by atoms with Gasteiger partial charge in [-0.15, -0.1) is 0 Å². The first-order valence-corrected chi connectivity index (χ1v) is 6.13. The van der Waals surface area contributed by atoms with Crippen LogP contribution in [0.2, 0.25) is 0 Å². The molecule has 0 saturated carbocycles. The molecule has 0 saturated heterocycles. The largest absolute Gasteiger partial charge is 0.508 e. The van der Waals surface area contributed by atoms with Crippen molar-refractivity contribution in [3.63, 3.8) is 0 Å². The van der Waals surface area contributed by atoms with Gasteiger partial charge in [-0.05, 0) is 48.1 Å². The van der Waals surface area contributed by atoms with Crippen molar-refractivity contribution < 1.29 is 5.11 Å². The van der Waals surface area contributed by atoms with E-state index in [1.165, 1.54) is 16.7 Å². The summed E-state index contributed by atoms with van der Waals surface area (Å²) in [4.78, 5) is 0. The lowest BCUT2D eigenvalue weighted by atomic mass is 10.0. The van der Waals surface area contributed by atoms with Crippen molar-refractivity contribution in [2.75, 3.05) is 0 Å². The van der Waals surface area contributed by atoms with Crippen LogP contribution in [0, 0.1) is 0 Å². The molecule has 0 unspecified atom stereocenters. The van der Waals surface area contributed by atoms with Gasteiger partial charge in [-0.3, -0.25) is 0 Å². The molecule has 1 heteroatoms. The second-order valence-corrected chi connectivity index (χ2v) is 4.34. The van der Waals surface area contributed by atoms with E-state index < -0.39 is 0 Å². The smallest absolute Gasteiger partial charge is 0.115 e. The molecule has 17 heavy (non-hydrogen) atoms. The van der Waals surface area contributed by atoms with Crippen LogP contribution in [0.4, 0.5) is 0 Å². The van der Waals surface area contributed by atoms with Crippen molar-refractivity contribution >= 4 is 0 Å². The van der Waals surface area contributed by atoms with Gasteiger partial charge in [0.15, 0.2) is 0 Å². The fourth-order valence-electron chi connectivity index (χ4n) is 1.96. The molecule has 1 nitrogen and oxygen atoms in total. The van der Waals surface area contributed by atoms with Crippen molar-refractivity contribution in [1.82, 2.24) is 0 Å². The molecular formula is C16H18O. The monoisotopic (exact) mass is 226 g/mol. The summed E-state index contributed by atoms with van der Waals surface area (Å²) in [5.41, 5.74) is 4.05. The Morgan fingerprint density at radius 2 is 1.47 bits per heavy atom. The Morgan fingerprint density at radius 3 is 2.18 bits per heavy atom. The molecule has 0 heterocycles. The third kappa shape index (κ3) is 3.35. The van der Waals surface area contributed by atoms with Crippen LogP contribution in [0.3, 0.4) is 0 Å². The van der Waals surface area contributed by atoms with Crippen molar-refractivity contribution in [2.24, 2.45) is 0 Å². The predicted molar refractivity (Wildman–Crippen MR) is 71.3 cm³/mol. The second kappa shape index (κ2) is 5.53. The average molecular weight is 226 g/mol. The van der Waals surface area contributed by atoms with Gasteiger partial charge in [0.2, 0.25) is 0 Å². The molecule has 0 spiro atoms. The maximum atomic E-state index is 9.21. The molecule has 0 aliphatic rings. The fraction of sp³-hybridized carbons (Fsp3) is 0.250. The quantitative estimate of drug-likeness (QED) is 0.842. The molecule has 2 aromatic carbocycles. The average Bonchev–Trinajstić information content (AvgIpc) is 2.38. The zero-order chi connectivity index (χ0) is 12.1. The summed E-state index contributed by atoms with van der Waals surface area (Å²) >= 11 is 0. The molecule has 0 aliphatic carbocycles. The summed E-state index contributed by atoms with van der Waals surface area (Å²) in [6.07, 6.45) is 3.17. The Balaban J connectivity index is 1.99. The maximum absolute atomic E-state index is 9.21. The zero-order valence-electron chi connectivity index (χ0n) is 10.2. The second-order valence-electron chi connectivity index (χ2n) is 4.34. The van der Waals surface area contributed by atoms with E-state index in [1.54, 1.807) is 12.1 Å². The van der Waals surface area contributed by atoms with Gasteiger partial charge in [0.25, 0.3) is 0 Å². The van der Waals surface area contributed by atoms with Crippen LogP contribution in [-0.4, -0.2) is 5.11 Å². The van der Waals surface area contributed by atoms with E-state index in [1.807, 2.05) is 12.1 Å². The highest BCUT2D eigenvalue weighted by molar-refractivity contribution is 5.28. The van der Waals surface area contributed by atoms with Crippen LogP contribution in [0.1, 0.15) is 23.6 Å². The molecule has 2 aromatic rings. The minimum absolute atomic E-state index is 0.335. The third-order valence-corrected chi connectivity index (χ3v) is 3.04. The summed E-state index contributed by atoms with van der Waals surface area (Å²) < 4.78 is 0. The molecule has 88 valence electrons. The van der Waals surface area contributed by atoms with Gasteiger partial charge in [-0.2, -0.15) is 0 Å². The molecule has 0 aliphatic heterocycles. The Labute approximate surface area is 103 Å². The summed E-state index contributed by atoms with van der Waals surface area (Å²) in [7, 11) is 0. The van der Waals surface area contributed by atoms with E-state index >= 15 is 0 Å². The number of phenolic OH excluding ortho intramolecular Hbond substituents is 1. The van der Waals surface area contributed by atoms with Crippen LogP contribution in [0.5, 0.6) is 5.75 Å². The molecule has 0 amide bonds. The van der Waals surface area contributed by atoms with Gasteiger partial charge in [0.05, 0.1) is 0 Å². The SMILES string of the molecule is CCc1cccc(CCc2ccc(O)cc2)c1. The van der Waals surface area contributed by atoms with Gasteiger partial charge in [-0.25, -0.2) is 0 Å². The van der Waals surface area contributed by atoms with E-state index in [4.69, 9.17) is 0 Å². The molecule has 0 radical (unpaired) electrons. The van der Waals surface area contributed by atoms with Crippen LogP contribution in [-0.2, 0) is 19.3 Å². The highest BCUT2D eigenvalue weighted by Crippen LogP contribution is 2.13. The van der Waals surface area contributed by atoms with E-state index in [9.17, 15) is 5.11 Å². The summed E-state index contributed by atoms with van der Waals surface area (Å²) in [5, 5.41) is 9.21. The first kappa shape index (κ1) is 11.7. The summed E-state index contributed by atoms with van der Waals surface area (Å²) in [6, 6.07) is 16.2. The normalized spacial score (nSPS) is 10.4. The molecule has 2 rings (SSSR count). The maximum Gasteiger partial charge on any atom is 0.115 e. The number of aromatic hydroxyl groups is 1. The third-order valence-electron chi connectivity index (χ3n) is 3.04. The lowest BCUT2D eigenvalue weighted by Crippen LogP contribution is -1.92. The highest BCUT2D eigenvalue weighted by atomic mass is 16.3. The van der Waals surface area contributed by atoms with E-state index in [0.717, 1.165) is 19.3 Å². The van der Waals surface area contributed by atoms with Crippen molar-refractivity contribution in [1.29, 1.82) is 0 Å². The molecule has 0 aromatic heterocycles. The first-order chi connectivity index (χ1) is 8.28. The Hall–Kier alpha value is -1.76. The minimum atomic E-state index is 0.335. The minimum Gasteiger partial charge on any atom is -0.508 e. The van der Waals surface area contributed by atoms with E-state index in [2.05, 4.69) is 31.2 Å². The summed E-state index contributed by atoms with van der Waals surface area (Å²) in [6.45, 7) is 2.18. The number of phenols is 1. The zero-order valence-corrected chi connectivity index (χ0v) is 10.2. The molecule has 0 fully saturated rings. The fourth-order valence-corrected chi connectivity index (χ4v) is 1.96. The Kier molecular flexibility index (Phi) is 3.81. The Morgan fingerprint density at radius 1 is 0.824 bits per heavy atom. The van der Waals surface area contributed by atoms with Gasteiger partial charge < -0.3 is 5.11 Å². The van der Waals surface area contributed by atoms with Gasteiger partial charge in [0, 0.05) is 0 Å². The number of rotatable bonds is 4. The molecule has 1 N–H and O–H groups in total.